The van der Waals surface area contributed by atoms with E-state index in [2.05, 4.69) is 5.32 Å². The molecule has 1 saturated heterocycles. The van der Waals surface area contributed by atoms with Gasteiger partial charge in [0.25, 0.3) is 5.92 Å². The normalized spacial score (nSPS) is 37.1. The number of alkyl halides is 2. The lowest BCUT2D eigenvalue weighted by Crippen LogP contribution is -2.53. The second-order valence-electron chi connectivity index (χ2n) is 3.17. The summed E-state index contributed by atoms with van der Waals surface area (Å²) in [5.41, 5.74) is 5.22. The van der Waals surface area contributed by atoms with E-state index in [1.54, 1.807) is 6.92 Å². The highest BCUT2D eigenvalue weighted by Gasteiger charge is 2.46. The maximum absolute atomic E-state index is 13.1. The van der Waals surface area contributed by atoms with Crippen molar-refractivity contribution in [2.75, 3.05) is 19.6 Å². The van der Waals surface area contributed by atoms with Gasteiger partial charge in [-0.3, -0.25) is 0 Å². The zero-order chi connectivity index (χ0) is 8.48. The first-order chi connectivity index (χ1) is 5.09. The summed E-state index contributed by atoms with van der Waals surface area (Å²) >= 11 is 0. The van der Waals surface area contributed by atoms with Crippen LogP contribution in [0.15, 0.2) is 0 Å². The lowest BCUT2D eigenvalue weighted by atomic mass is 9.87. The van der Waals surface area contributed by atoms with Crippen molar-refractivity contribution < 1.29 is 8.78 Å². The van der Waals surface area contributed by atoms with E-state index in [0.717, 1.165) is 0 Å². The lowest BCUT2D eigenvalue weighted by molar-refractivity contribution is -0.114. The summed E-state index contributed by atoms with van der Waals surface area (Å²) in [5, 5.41) is 2.93. The number of piperidine rings is 1. The molecule has 0 aromatic rings. The molecule has 1 rings (SSSR count). The average Bonchev–Trinajstić information content (AvgIpc) is 1.95. The molecular formula is C7H14F2N2. The Labute approximate surface area is 65.1 Å². The summed E-state index contributed by atoms with van der Waals surface area (Å²) in [6.07, 6.45) is 0. The molecule has 0 aromatic heterocycles. The van der Waals surface area contributed by atoms with Gasteiger partial charge in [-0.25, -0.2) is 8.78 Å². The third-order valence-corrected chi connectivity index (χ3v) is 2.33. The fourth-order valence-corrected chi connectivity index (χ4v) is 1.39. The van der Waals surface area contributed by atoms with Gasteiger partial charge in [-0.05, 0) is 0 Å². The Morgan fingerprint density at radius 1 is 1.55 bits per heavy atom. The molecule has 4 heteroatoms. The van der Waals surface area contributed by atoms with Gasteiger partial charge in [0, 0.05) is 31.5 Å². The van der Waals surface area contributed by atoms with E-state index in [1.165, 1.54) is 0 Å². The minimum Gasteiger partial charge on any atom is -0.330 e. The molecule has 11 heavy (non-hydrogen) atoms. The zero-order valence-electron chi connectivity index (χ0n) is 6.61. The van der Waals surface area contributed by atoms with Gasteiger partial charge in [-0.2, -0.15) is 0 Å². The van der Waals surface area contributed by atoms with Gasteiger partial charge in [0.1, 0.15) is 0 Å². The molecular weight excluding hydrogens is 150 g/mol. The molecule has 3 N–H and O–H groups in total. The van der Waals surface area contributed by atoms with Crippen LogP contribution in [0.2, 0.25) is 0 Å². The Balaban J connectivity index is 2.64. The molecule has 2 atom stereocenters. The van der Waals surface area contributed by atoms with E-state index >= 15 is 0 Å². The number of hydrogen-bond donors (Lipinski definition) is 2. The van der Waals surface area contributed by atoms with E-state index in [0.29, 0.717) is 13.1 Å². The molecule has 1 aliphatic heterocycles. The quantitative estimate of drug-likeness (QED) is 0.590. The molecule has 2 unspecified atom stereocenters. The maximum Gasteiger partial charge on any atom is 0.257 e. The van der Waals surface area contributed by atoms with Crippen molar-refractivity contribution >= 4 is 0 Å². The summed E-state index contributed by atoms with van der Waals surface area (Å²) in [6, 6.07) is 0. The second kappa shape index (κ2) is 3.03. The summed E-state index contributed by atoms with van der Waals surface area (Å²) in [4.78, 5) is 0. The summed E-state index contributed by atoms with van der Waals surface area (Å²) < 4.78 is 26.3. The first-order valence-electron chi connectivity index (χ1n) is 3.87. The highest BCUT2D eigenvalue weighted by atomic mass is 19.3. The monoisotopic (exact) mass is 164 g/mol. The molecule has 0 aromatic carbocycles. The molecule has 0 bridgehead atoms. The average molecular weight is 164 g/mol. The van der Waals surface area contributed by atoms with Crippen molar-refractivity contribution in [3.8, 4) is 0 Å². The van der Waals surface area contributed by atoms with Crippen LogP contribution in [0.4, 0.5) is 8.78 Å². The minimum absolute atomic E-state index is 0.0599. The van der Waals surface area contributed by atoms with Crippen molar-refractivity contribution in [2.45, 2.75) is 12.8 Å². The van der Waals surface area contributed by atoms with Crippen molar-refractivity contribution in [3.05, 3.63) is 0 Å². The third kappa shape index (κ3) is 1.51. The number of hydrogen-bond acceptors (Lipinski definition) is 2. The molecule has 1 aliphatic rings. The van der Waals surface area contributed by atoms with E-state index in [-0.39, 0.29) is 6.54 Å². The molecule has 0 radical (unpaired) electrons. The fraction of sp³-hybridized carbons (Fsp3) is 1.00. The van der Waals surface area contributed by atoms with Crippen LogP contribution in [0.5, 0.6) is 0 Å². The fourth-order valence-electron chi connectivity index (χ4n) is 1.39. The van der Waals surface area contributed by atoms with Gasteiger partial charge in [0.15, 0.2) is 0 Å². The van der Waals surface area contributed by atoms with Crippen molar-refractivity contribution in [1.82, 2.24) is 5.32 Å². The number of nitrogens with one attached hydrogen (secondary N) is 1. The van der Waals surface area contributed by atoms with E-state index < -0.39 is 17.8 Å². The predicted octanol–water partition coefficient (Wildman–Crippen LogP) is 0.436. The topological polar surface area (TPSA) is 38.0 Å². The summed E-state index contributed by atoms with van der Waals surface area (Å²) in [6.45, 7) is 2.34. The van der Waals surface area contributed by atoms with Crippen LogP contribution < -0.4 is 11.1 Å². The highest BCUT2D eigenvalue weighted by molar-refractivity contribution is 4.89. The number of nitrogens with two attached hydrogens (primary N) is 1. The summed E-state index contributed by atoms with van der Waals surface area (Å²) in [5.74, 6) is -3.86. The minimum atomic E-state index is -2.58. The van der Waals surface area contributed by atoms with Gasteiger partial charge in [-0.1, -0.05) is 6.92 Å². The second-order valence-corrected chi connectivity index (χ2v) is 3.17. The zero-order valence-corrected chi connectivity index (χ0v) is 6.61. The van der Waals surface area contributed by atoms with Crippen LogP contribution >= 0.6 is 0 Å². The van der Waals surface area contributed by atoms with Gasteiger partial charge in [0.2, 0.25) is 0 Å². The number of halogens is 2. The smallest absolute Gasteiger partial charge is 0.257 e. The molecule has 0 saturated carbocycles. The lowest BCUT2D eigenvalue weighted by Gasteiger charge is -2.36. The number of rotatable bonds is 1. The van der Waals surface area contributed by atoms with E-state index in [1.807, 2.05) is 0 Å². The molecule has 1 heterocycles. The van der Waals surface area contributed by atoms with Crippen LogP contribution in [0.1, 0.15) is 6.92 Å². The Bertz CT molecular complexity index is 138. The molecule has 0 aliphatic carbocycles. The first-order valence-corrected chi connectivity index (χ1v) is 3.87. The van der Waals surface area contributed by atoms with Crippen molar-refractivity contribution in [2.24, 2.45) is 17.6 Å². The maximum atomic E-state index is 13.1. The largest absolute Gasteiger partial charge is 0.330 e. The molecule has 0 spiro atoms. The summed E-state index contributed by atoms with van der Waals surface area (Å²) in [7, 11) is 0. The molecule has 0 amide bonds. The SMILES string of the molecule is CC1CNCC(CN)C1(F)F. The third-order valence-electron chi connectivity index (χ3n) is 2.33. The van der Waals surface area contributed by atoms with Crippen LogP contribution in [0.25, 0.3) is 0 Å². The standard InChI is InChI=1S/C7H14F2N2/c1-5-3-11-4-6(2-10)7(5,8)9/h5-6,11H,2-4,10H2,1H3. The van der Waals surface area contributed by atoms with Gasteiger partial charge in [-0.15, -0.1) is 0 Å². The Morgan fingerprint density at radius 3 is 2.64 bits per heavy atom. The molecule has 1 fully saturated rings. The predicted molar refractivity (Wildman–Crippen MR) is 39.5 cm³/mol. The molecule has 2 nitrogen and oxygen atoms in total. The van der Waals surface area contributed by atoms with Gasteiger partial charge >= 0.3 is 0 Å². The Kier molecular flexibility index (Phi) is 2.44. The van der Waals surface area contributed by atoms with Gasteiger partial charge < -0.3 is 11.1 Å². The Morgan fingerprint density at radius 2 is 2.18 bits per heavy atom. The Hall–Kier alpha value is -0.220. The van der Waals surface area contributed by atoms with E-state index in [9.17, 15) is 8.78 Å². The van der Waals surface area contributed by atoms with Crippen molar-refractivity contribution in [1.29, 1.82) is 0 Å². The van der Waals surface area contributed by atoms with Crippen LogP contribution in [-0.2, 0) is 0 Å². The first kappa shape index (κ1) is 8.87. The van der Waals surface area contributed by atoms with Crippen LogP contribution in [0.3, 0.4) is 0 Å². The highest BCUT2D eigenvalue weighted by Crippen LogP contribution is 2.34. The van der Waals surface area contributed by atoms with Crippen LogP contribution in [0, 0.1) is 11.8 Å². The van der Waals surface area contributed by atoms with E-state index in [4.69, 9.17) is 5.73 Å². The van der Waals surface area contributed by atoms with Crippen LogP contribution in [-0.4, -0.2) is 25.6 Å². The van der Waals surface area contributed by atoms with Gasteiger partial charge in [0.05, 0.1) is 0 Å². The van der Waals surface area contributed by atoms with Crippen molar-refractivity contribution in [3.63, 3.8) is 0 Å². The molecule has 66 valence electrons.